The molecule has 1 amide bonds. The van der Waals surface area contributed by atoms with Gasteiger partial charge in [0.15, 0.2) is 11.5 Å². The van der Waals surface area contributed by atoms with Gasteiger partial charge in [0.2, 0.25) is 6.79 Å². The van der Waals surface area contributed by atoms with Crippen molar-refractivity contribution in [3.63, 3.8) is 0 Å². The average Bonchev–Trinajstić information content (AvgIpc) is 3.04. The molecule has 1 aliphatic heterocycles. The van der Waals surface area contributed by atoms with Gasteiger partial charge < -0.3 is 19.8 Å². The Bertz CT molecular complexity index is 704. The first-order chi connectivity index (χ1) is 10.1. The first-order valence-electron chi connectivity index (χ1n) is 6.97. The molecule has 2 aromatic rings. The third-order valence-corrected chi connectivity index (χ3v) is 3.86. The van der Waals surface area contributed by atoms with Crippen LogP contribution in [-0.2, 0) is 13.0 Å². The van der Waals surface area contributed by atoms with Crippen LogP contribution in [0.4, 0.5) is 0 Å². The van der Waals surface area contributed by atoms with Crippen LogP contribution in [0.3, 0.4) is 0 Å². The molecule has 0 radical (unpaired) electrons. The second kappa shape index (κ2) is 5.16. The lowest BCUT2D eigenvalue weighted by atomic mass is 10.2. The summed E-state index contributed by atoms with van der Waals surface area (Å²) in [4.78, 5) is 11.5. The van der Waals surface area contributed by atoms with E-state index in [2.05, 4.69) is 11.5 Å². The Labute approximate surface area is 123 Å². The molecule has 21 heavy (non-hydrogen) atoms. The fourth-order valence-electron chi connectivity index (χ4n) is 2.69. The first kappa shape index (κ1) is 13.5. The third-order valence-electron chi connectivity index (χ3n) is 3.86. The highest BCUT2D eigenvalue weighted by Crippen LogP contribution is 2.33. The molecule has 3 rings (SSSR count). The molecule has 2 N–H and O–H groups in total. The van der Waals surface area contributed by atoms with Gasteiger partial charge in [-0.2, -0.15) is 0 Å². The normalized spacial score (nSPS) is 12.7. The van der Waals surface area contributed by atoms with Crippen LogP contribution in [0, 0.1) is 6.92 Å². The summed E-state index contributed by atoms with van der Waals surface area (Å²) >= 11 is 0. The molecule has 1 aromatic heterocycles. The highest BCUT2D eigenvalue weighted by molar-refractivity contribution is 5.94. The molecule has 1 aromatic carbocycles. The molecule has 0 saturated carbocycles. The Hall–Kier alpha value is -2.43. The van der Waals surface area contributed by atoms with Crippen LogP contribution in [0.5, 0.6) is 11.5 Å². The standard InChI is InChI=1S/C16H18N2O3/c1-3-12-7-13(16(17)19)10(2)18(12)8-11-4-5-14-15(6-11)21-9-20-14/h4-7H,3,8-9H2,1-2H3,(H2,17,19). The van der Waals surface area contributed by atoms with E-state index in [1.54, 1.807) is 0 Å². The van der Waals surface area contributed by atoms with E-state index in [-0.39, 0.29) is 12.7 Å². The minimum Gasteiger partial charge on any atom is -0.454 e. The van der Waals surface area contributed by atoms with Gasteiger partial charge in [-0.25, -0.2) is 0 Å². The number of ether oxygens (including phenoxy) is 2. The Morgan fingerprint density at radius 2 is 2.05 bits per heavy atom. The molecule has 5 heteroatoms. The topological polar surface area (TPSA) is 66.5 Å². The average molecular weight is 286 g/mol. The molecule has 2 heterocycles. The van der Waals surface area contributed by atoms with E-state index < -0.39 is 0 Å². The van der Waals surface area contributed by atoms with Crippen molar-refractivity contribution in [3.8, 4) is 11.5 Å². The zero-order chi connectivity index (χ0) is 15.0. The molecular formula is C16H18N2O3. The molecular weight excluding hydrogens is 268 g/mol. The number of aromatic nitrogens is 1. The number of nitrogens with two attached hydrogens (primary N) is 1. The molecule has 0 saturated heterocycles. The number of nitrogens with zero attached hydrogens (tertiary/aromatic N) is 1. The number of primary amides is 1. The van der Waals surface area contributed by atoms with Crippen molar-refractivity contribution in [2.75, 3.05) is 6.79 Å². The van der Waals surface area contributed by atoms with E-state index in [1.807, 2.05) is 31.2 Å². The van der Waals surface area contributed by atoms with Crippen LogP contribution in [0.1, 0.15) is 34.2 Å². The summed E-state index contributed by atoms with van der Waals surface area (Å²) in [7, 11) is 0. The van der Waals surface area contributed by atoms with Gasteiger partial charge in [-0.1, -0.05) is 13.0 Å². The second-order valence-electron chi connectivity index (χ2n) is 5.13. The predicted molar refractivity (Wildman–Crippen MR) is 78.7 cm³/mol. The monoisotopic (exact) mass is 286 g/mol. The van der Waals surface area contributed by atoms with Gasteiger partial charge >= 0.3 is 0 Å². The number of amides is 1. The molecule has 0 spiro atoms. The van der Waals surface area contributed by atoms with Crippen molar-refractivity contribution in [1.29, 1.82) is 0 Å². The van der Waals surface area contributed by atoms with Crippen molar-refractivity contribution >= 4 is 5.91 Å². The summed E-state index contributed by atoms with van der Waals surface area (Å²) in [5.41, 5.74) is 9.12. The Balaban J connectivity index is 1.96. The van der Waals surface area contributed by atoms with Gasteiger partial charge in [-0.05, 0) is 37.1 Å². The van der Waals surface area contributed by atoms with Crippen molar-refractivity contribution in [2.24, 2.45) is 5.73 Å². The van der Waals surface area contributed by atoms with Crippen LogP contribution < -0.4 is 15.2 Å². The minimum absolute atomic E-state index is 0.271. The molecule has 0 atom stereocenters. The molecule has 0 fully saturated rings. The highest BCUT2D eigenvalue weighted by Gasteiger charge is 2.17. The molecule has 110 valence electrons. The molecule has 1 aliphatic rings. The maximum atomic E-state index is 11.5. The number of aryl methyl sites for hydroxylation is 1. The zero-order valence-corrected chi connectivity index (χ0v) is 12.2. The van der Waals surface area contributed by atoms with Crippen molar-refractivity contribution in [1.82, 2.24) is 4.57 Å². The fraction of sp³-hybridized carbons (Fsp3) is 0.312. The highest BCUT2D eigenvalue weighted by atomic mass is 16.7. The van der Waals surface area contributed by atoms with Crippen LogP contribution >= 0.6 is 0 Å². The van der Waals surface area contributed by atoms with E-state index in [9.17, 15) is 4.79 Å². The van der Waals surface area contributed by atoms with Crippen LogP contribution in [0.25, 0.3) is 0 Å². The summed E-state index contributed by atoms with van der Waals surface area (Å²) in [5, 5.41) is 0. The molecule has 5 nitrogen and oxygen atoms in total. The van der Waals surface area contributed by atoms with E-state index in [0.29, 0.717) is 12.1 Å². The Morgan fingerprint density at radius 1 is 1.29 bits per heavy atom. The van der Waals surface area contributed by atoms with Crippen LogP contribution in [0.2, 0.25) is 0 Å². The summed E-state index contributed by atoms with van der Waals surface area (Å²) in [6.45, 7) is 4.94. The van der Waals surface area contributed by atoms with Crippen LogP contribution in [0.15, 0.2) is 24.3 Å². The van der Waals surface area contributed by atoms with Gasteiger partial charge in [0.1, 0.15) is 0 Å². The van der Waals surface area contributed by atoms with Gasteiger partial charge in [0.25, 0.3) is 5.91 Å². The van der Waals surface area contributed by atoms with Crippen molar-refractivity contribution in [3.05, 3.63) is 46.8 Å². The lowest BCUT2D eigenvalue weighted by Gasteiger charge is -2.11. The summed E-state index contributed by atoms with van der Waals surface area (Å²) in [5.74, 6) is 1.16. The van der Waals surface area contributed by atoms with E-state index in [0.717, 1.165) is 34.9 Å². The number of rotatable bonds is 4. The number of hydrogen-bond acceptors (Lipinski definition) is 3. The van der Waals surface area contributed by atoms with Gasteiger partial charge in [0.05, 0.1) is 5.56 Å². The smallest absolute Gasteiger partial charge is 0.250 e. The van der Waals surface area contributed by atoms with Gasteiger partial charge in [-0.15, -0.1) is 0 Å². The van der Waals surface area contributed by atoms with E-state index >= 15 is 0 Å². The summed E-state index contributed by atoms with van der Waals surface area (Å²) in [6, 6.07) is 7.78. The summed E-state index contributed by atoms with van der Waals surface area (Å²) < 4.78 is 12.8. The zero-order valence-electron chi connectivity index (χ0n) is 12.2. The Morgan fingerprint density at radius 3 is 2.76 bits per heavy atom. The van der Waals surface area contributed by atoms with E-state index in [1.165, 1.54) is 0 Å². The van der Waals surface area contributed by atoms with Crippen LogP contribution in [-0.4, -0.2) is 17.3 Å². The first-order valence-corrected chi connectivity index (χ1v) is 6.97. The molecule has 0 unspecified atom stereocenters. The summed E-state index contributed by atoms with van der Waals surface area (Å²) in [6.07, 6.45) is 0.846. The van der Waals surface area contributed by atoms with Crippen molar-refractivity contribution in [2.45, 2.75) is 26.8 Å². The number of benzene rings is 1. The second-order valence-corrected chi connectivity index (χ2v) is 5.13. The predicted octanol–water partition coefficient (Wildman–Crippen LogP) is 2.23. The fourth-order valence-corrected chi connectivity index (χ4v) is 2.69. The maximum Gasteiger partial charge on any atom is 0.250 e. The maximum absolute atomic E-state index is 11.5. The molecule has 0 aliphatic carbocycles. The number of fused-ring (bicyclic) bond motifs is 1. The lowest BCUT2D eigenvalue weighted by Crippen LogP contribution is -2.13. The largest absolute Gasteiger partial charge is 0.454 e. The van der Waals surface area contributed by atoms with Gasteiger partial charge in [0, 0.05) is 17.9 Å². The quantitative estimate of drug-likeness (QED) is 0.937. The third kappa shape index (κ3) is 2.35. The van der Waals surface area contributed by atoms with Gasteiger partial charge in [-0.3, -0.25) is 4.79 Å². The number of carbonyl (C=O) groups is 1. The Kier molecular flexibility index (Phi) is 3.33. The van der Waals surface area contributed by atoms with E-state index in [4.69, 9.17) is 15.2 Å². The lowest BCUT2D eigenvalue weighted by molar-refractivity contribution is 0.0999. The number of hydrogen-bond donors (Lipinski definition) is 1. The number of carbonyl (C=O) groups excluding carboxylic acids is 1. The molecule has 0 bridgehead atoms. The van der Waals surface area contributed by atoms with Crippen molar-refractivity contribution < 1.29 is 14.3 Å². The minimum atomic E-state index is -0.383. The SMILES string of the molecule is CCc1cc(C(N)=O)c(C)n1Cc1ccc2c(c1)OCO2.